The van der Waals surface area contributed by atoms with Crippen LogP contribution < -0.4 is 10.6 Å². The number of hydrogen-bond acceptors (Lipinski definition) is 4. The summed E-state index contributed by atoms with van der Waals surface area (Å²) in [5, 5.41) is 3.41. The zero-order chi connectivity index (χ0) is 12.5. The molecule has 0 amide bonds. The minimum absolute atomic E-state index is 0.428. The van der Waals surface area contributed by atoms with Crippen LogP contribution in [0, 0.1) is 5.92 Å². The van der Waals surface area contributed by atoms with E-state index in [4.69, 9.17) is 5.73 Å². The summed E-state index contributed by atoms with van der Waals surface area (Å²) >= 11 is 1.78. The number of thiophene rings is 1. The van der Waals surface area contributed by atoms with E-state index >= 15 is 0 Å². The van der Waals surface area contributed by atoms with E-state index in [2.05, 4.69) is 34.3 Å². The van der Waals surface area contributed by atoms with E-state index < -0.39 is 0 Å². The third kappa shape index (κ3) is 1.89. The summed E-state index contributed by atoms with van der Waals surface area (Å²) in [5.41, 5.74) is 5.97. The molecule has 1 aliphatic heterocycles. The number of aromatic nitrogens is 1. The highest BCUT2D eigenvalue weighted by molar-refractivity contribution is 7.17. The summed E-state index contributed by atoms with van der Waals surface area (Å²) in [7, 11) is 0. The van der Waals surface area contributed by atoms with E-state index in [-0.39, 0.29) is 0 Å². The molecule has 3 rings (SSSR count). The summed E-state index contributed by atoms with van der Waals surface area (Å²) in [6, 6.07) is 4.69. The molecule has 2 aromatic heterocycles. The first kappa shape index (κ1) is 11.9. The minimum Gasteiger partial charge on any atom is -0.352 e. The largest absolute Gasteiger partial charge is 0.352 e. The first-order chi connectivity index (χ1) is 8.81. The molecule has 0 aromatic carbocycles. The highest BCUT2D eigenvalue weighted by atomic mass is 32.1. The summed E-state index contributed by atoms with van der Waals surface area (Å²) in [4.78, 5) is 7.03. The van der Waals surface area contributed by atoms with Gasteiger partial charge in [0.1, 0.15) is 5.82 Å². The number of piperidine rings is 1. The van der Waals surface area contributed by atoms with Crippen molar-refractivity contribution in [2.75, 3.05) is 18.0 Å². The number of pyridine rings is 1. The Balaban J connectivity index is 2.04. The molecule has 1 aliphatic rings. The molecule has 2 atom stereocenters. The highest BCUT2D eigenvalue weighted by Gasteiger charge is 2.29. The van der Waals surface area contributed by atoms with Crippen LogP contribution in [-0.2, 0) is 0 Å². The minimum atomic E-state index is 0.428. The third-order valence-electron chi connectivity index (χ3n) is 3.99. The van der Waals surface area contributed by atoms with Crippen LogP contribution in [0.4, 0.5) is 5.82 Å². The second kappa shape index (κ2) is 4.86. The quantitative estimate of drug-likeness (QED) is 0.904. The molecule has 0 saturated carbocycles. The summed E-state index contributed by atoms with van der Waals surface area (Å²) < 4.78 is 1.31. The second-order valence-corrected chi connectivity index (χ2v) is 6.03. The van der Waals surface area contributed by atoms with Crippen LogP contribution in [0.3, 0.4) is 0 Å². The number of nitrogens with two attached hydrogens (primary N) is 1. The molecule has 1 saturated heterocycles. The van der Waals surface area contributed by atoms with E-state index in [9.17, 15) is 0 Å². The summed E-state index contributed by atoms with van der Waals surface area (Å²) in [6.45, 7) is 4.09. The number of anilines is 1. The maximum absolute atomic E-state index is 5.97. The van der Waals surface area contributed by atoms with Crippen LogP contribution in [0.1, 0.15) is 19.8 Å². The molecule has 2 aromatic rings. The van der Waals surface area contributed by atoms with Gasteiger partial charge >= 0.3 is 0 Å². The van der Waals surface area contributed by atoms with Gasteiger partial charge in [-0.15, -0.1) is 11.3 Å². The normalized spacial score (nSPS) is 24.7. The first-order valence-electron chi connectivity index (χ1n) is 6.60. The number of fused-ring (bicyclic) bond motifs is 1. The van der Waals surface area contributed by atoms with Crippen molar-refractivity contribution in [2.45, 2.75) is 25.8 Å². The third-order valence-corrected chi connectivity index (χ3v) is 4.87. The van der Waals surface area contributed by atoms with Gasteiger partial charge in [-0.05, 0) is 36.3 Å². The highest BCUT2D eigenvalue weighted by Crippen LogP contribution is 2.33. The van der Waals surface area contributed by atoms with Crippen molar-refractivity contribution in [1.82, 2.24) is 4.98 Å². The van der Waals surface area contributed by atoms with E-state index in [0.29, 0.717) is 18.5 Å². The average Bonchev–Trinajstić information content (AvgIpc) is 2.86. The smallest absolute Gasteiger partial charge is 0.137 e. The topological polar surface area (TPSA) is 42.2 Å². The molecular weight excluding hydrogens is 242 g/mol. The van der Waals surface area contributed by atoms with Crippen molar-refractivity contribution in [3.63, 3.8) is 0 Å². The van der Waals surface area contributed by atoms with Gasteiger partial charge < -0.3 is 10.6 Å². The summed E-state index contributed by atoms with van der Waals surface area (Å²) in [6.07, 6.45) is 4.43. The fourth-order valence-electron chi connectivity index (χ4n) is 2.98. The maximum Gasteiger partial charge on any atom is 0.137 e. The molecule has 3 heterocycles. The molecule has 0 radical (unpaired) electrons. The Hall–Kier alpha value is -1.13. The van der Waals surface area contributed by atoms with E-state index in [1.54, 1.807) is 11.3 Å². The Labute approximate surface area is 112 Å². The predicted molar refractivity (Wildman–Crippen MR) is 78.2 cm³/mol. The van der Waals surface area contributed by atoms with Gasteiger partial charge in [0.15, 0.2) is 0 Å². The lowest BCUT2D eigenvalue weighted by molar-refractivity contribution is 0.348. The van der Waals surface area contributed by atoms with E-state index in [1.807, 2.05) is 6.20 Å². The van der Waals surface area contributed by atoms with Gasteiger partial charge in [0.25, 0.3) is 0 Å². The van der Waals surface area contributed by atoms with Crippen molar-refractivity contribution in [3.8, 4) is 0 Å². The van der Waals surface area contributed by atoms with Crippen LogP contribution in [0.15, 0.2) is 23.7 Å². The van der Waals surface area contributed by atoms with Gasteiger partial charge in [-0.25, -0.2) is 4.98 Å². The Morgan fingerprint density at radius 3 is 3.22 bits per heavy atom. The average molecular weight is 261 g/mol. The molecule has 0 spiro atoms. The Bertz CT molecular complexity index is 537. The molecule has 0 aliphatic carbocycles. The molecule has 0 bridgehead atoms. The molecule has 18 heavy (non-hydrogen) atoms. The zero-order valence-electron chi connectivity index (χ0n) is 10.7. The number of rotatable bonds is 2. The molecule has 4 heteroatoms. The molecule has 3 nitrogen and oxygen atoms in total. The van der Waals surface area contributed by atoms with Gasteiger partial charge in [0.2, 0.25) is 0 Å². The predicted octanol–water partition coefficient (Wildman–Crippen LogP) is 2.86. The summed E-state index contributed by atoms with van der Waals surface area (Å²) in [5.74, 6) is 1.77. The lowest BCUT2D eigenvalue weighted by atomic mass is 9.90. The SMILES string of the molecule is CC1CCCN(c2nccc3sccc23)C1CN. The molecule has 2 unspecified atom stereocenters. The number of hydrogen-bond donors (Lipinski definition) is 1. The van der Waals surface area contributed by atoms with Crippen LogP contribution in [-0.4, -0.2) is 24.1 Å². The van der Waals surface area contributed by atoms with Crippen LogP contribution in [0.2, 0.25) is 0 Å². The van der Waals surface area contributed by atoms with Crippen molar-refractivity contribution >= 4 is 27.2 Å². The Morgan fingerprint density at radius 2 is 2.39 bits per heavy atom. The van der Waals surface area contributed by atoms with Gasteiger partial charge in [-0.1, -0.05) is 6.92 Å². The van der Waals surface area contributed by atoms with Crippen molar-refractivity contribution in [3.05, 3.63) is 23.7 Å². The van der Waals surface area contributed by atoms with Gasteiger partial charge in [-0.3, -0.25) is 0 Å². The Morgan fingerprint density at radius 1 is 1.50 bits per heavy atom. The molecule has 2 N–H and O–H groups in total. The van der Waals surface area contributed by atoms with Gasteiger partial charge in [0, 0.05) is 35.4 Å². The van der Waals surface area contributed by atoms with Crippen molar-refractivity contribution < 1.29 is 0 Å². The van der Waals surface area contributed by atoms with Crippen LogP contribution in [0.5, 0.6) is 0 Å². The van der Waals surface area contributed by atoms with Gasteiger partial charge in [-0.2, -0.15) is 0 Å². The lowest BCUT2D eigenvalue weighted by Gasteiger charge is -2.40. The fraction of sp³-hybridized carbons (Fsp3) is 0.500. The van der Waals surface area contributed by atoms with E-state index in [1.165, 1.54) is 22.9 Å². The molecular formula is C14H19N3S. The van der Waals surface area contributed by atoms with Gasteiger partial charge in [0.05, 0.1) is 0 Å². The fourth-order valence-corrected chi connectivity index (χ4v) is 3.76. The number of nitrogens with zero attached hydrogens (tertiary/aromatic N) is 2. The first-order valence-corrected chi connectivity index (χ1v) is 7.48. The van der Waals surface area contributed by atoms with Crippen LogP contribution >= 0.6 is 11.3 Å². The van der Waals surface area contributed by atoms with Crippen molar-refractivity contribution in [1.29, 1.82) is 0 Å². The molecule has 96 valence electrons. The molecule has 1 fully saturated rings. The van der Waals surface area contributed by atoms with Crippen molar-refractivity contribution in [2.24, 2.45) is 11.7 Å². The van der Waals surface area contributed by atoms with E-state index in [0.717, 1.165) is 12.4 Å². The monoisotopic (exact) mass is 261 g/mol. The zero-order valence-corrected chi connectivity index (χ0v) is 11.5. The van der Waals surface area contributed by atoms with Crippen LogP contribution in [0.25, 0.3) is 10.1 Å². The maximum atomic E-state index is 5.97. The standard InChI is InChI=1S/C14H19N3S/c1-10-3-2-7-17(12(10)9-15)14-11-5-8-18-13(11)4-6-16-14/h4-6,8,10,12H,2-3,7,9,15H2,1H3. The second-order valence-electron chi connectivity index (χ2n) is 5.08. The lowest BCUT2D eigenvalue weighted by Crippen LogP contribution is -2.49. The Kier molecular flexibility index (Phi) is 3.22.